The maximum atomic E-state index is 12.3. The number of rotatable bonds is 6. The van der Waals surface area contributed by atoms with Crippen LogP contribution in [0, 0.1) is 10.7 Å². The Morgan fingerprint density at radius 2 is 1.75 bits per heavy atom. The van der Waals surface area contributed by atoms with E-state index in [4.69, 9.17) is 4.78 Å². The van der Waals surface area contributed by atoms with E-state index in [9.17, 15) is 8.42 Å². The fourth-order valence-corrected chi connectivity index (χ4v) is 6.45. The highest BCUT2D eigenvalue weighted by Gasteiger charge is 2.50. The first kappa shape index (κ1) is 18.1. The Hall–Kier alpha value is 0.0600. The van der Waals surface area contributed by atoms with Crippen LogP contribution >= 0.6 is 0 Å². The predicted octanol–water partition coefficient (Wildman–Crippen LogP) is 3.05. The molecule has 0 bridgehead atoms. The summed E-state index contributed by atoms with van der Waals surface area (Å²) in [7, 11) is -3.66. The molecule has 0 saturated heterocycles. The first-order chi connectivity index (χ1) is 8.76. The van der Waals surface area contributed by atoms with Gasteiger partial charge in [0.05, 0.1) is 5.25 Å². The van der Waals surface area contributed by atoms with Gasteiger partial charge < -0.3 is 0 Å². The van der Waals surface area contributed by atoms with E-state index < -0.39 is 26.3 Å². The van der Waals surface area contributed by atoms with Crippen LogP contribution < -0.4 is 4.72 Å². The van der Waals surface area contributed by atoms with Gasteiger partial charge in [0.25, 0.3) is 0 Å². The second-order valence-electron chi connectivity index (χ2n) is 7.78. The predicted molar refractivity (Wildman–Crippen MR) is 87.6 cm³/mol. The van der Waals surface area contributed by atoms with Gasteiger partial charge in [0.1, 0.15) is 0 Å². The normalized spacial score (nSPS) is 25.8. The second kappa shape index (κ2) is 5.69. The van der Waals surface area contributed by atoms with Crippen LogP contribution in [0.4, 0.5) is 0 Å². The molecule has 2 N–H and O–H groups in total. The van der Waals surface area contributed by atoms with Crippen molar-refractivity contribution in [3.63, 3.8) is 0 Å². The summed E-state index contributed by atoms with van der Waals surface area (Å²) in [6.07, 6.45) is 1.57. The molecular weight excluding hydrogens is 292 g/mol. The highest BCUT2D eigenvalue weighted by atomic mass is 32.2. The van der Waals surface area contributed by atoms with E-state index in [1.54, 1.807) is 0 Å². The maximum absolute atomic E-state index is 12.3. The quantitative estimate of drug-likeness (QED) is 0.789. The van der Waals surface area contributed by atoms with Crippen LogP contribution in [-0.4, -0.2) is 29.2 Å². The molecule has 0 amide bonds. The third kappa shape index (κ3) is 4.81. The van der Waals surface area contributed by atoms with Gasteiger partial charge in [-0.15, -0.1) is 0 Å². The smallest absolute Gasteiger partial charge is 0.215 e. The van der Waals surface area contributed by atoms with Crippen molar-refractivity contribution in [1.29, 1.82) is 4.78 Å². The first-order valence-corrected chi connectivity index (χ1v) is 10.1. The topological polar surface area (TPSA) is 70.0 Å². The standard InChI is InChI=1S/C14H30N2O2S2/c1-10(2)19(15)14(6,7)9-11-8-12(11)20(17,18)16-13(3,4)5/h10-12,15-16H,8-9H2,1-7H3. The van der Waals surface area contributed by atoms with E-state index in [0.29, 0.717) is 5.25 Å². The van der Waals surface area contributed by atoms with E-state index in [1.807, 2.05) is 20.8 Å². The van der Waals surface area contributed by atoms with E-state index in [2.05, 4.69) is 32.4 Å². The summed E-state index contributed by atoms with van der Waals surface area (Å²) in [5.74, 6) is 0.212. The molecule has 1 saturated carbocycles. The van der Waals surface area contributed by atoms with E-state index in [0.717, 1.165) is 12.8 Å². The summed E-state index contributed by atoms with van der Waals surface area (Å²) in [5.41, 5.74) is -0.418. The number of hydrogen-bond donors (Lipinski definition) is 2. The Morgan fingerprint density at radius 1 is 1.25 bits per heavy atom. The zero-order valence-corrected chi connectivity index (χ0v) is 15.4. The lowest BCUT2D eigenvalue weighted by molar-refractivity contribution is 0.487. The minimum absolute atomic E-state index is 0.106. The molecule has 4 nitrogen and oxygen atoms in total. The lowest BCUT2D eigenvalue weighted by Gasteiger charge is -2.29. The molecule has 0 aromatic carbocycles. The molecule has 20 heavy (non-hydrogen) atoms. The average molecular weight is 323 g/mol. The molecule has 6 heteroatoms. The van der Waals surface area contributed by atoms with Crippen LogP contribution in [-0.2, 0) is 20.7 Å². The van der Waals surface area contributed by atoms with E-state index >= 15 is 0 Å². The third-order valence-corrected chi connectivity index (χ3v) is 8.10. The first-order valence-electron chi connectivity index (χ1n) is 7.23. The molecule has 0 aromatic heterocycles. The lowest BCUT2D eigenvalue weighted by atomic mass is 10.1. The van der Waals surface area contributed by atoms with Crippen LogP contribution in [0.2, 0.25) is 0 Å². The molecule has 3 unspecified atom stereocenters. The minimum Gasteiger partial charge on any atom is -0.280 e. The largest absolute Gasteiger partial charge is 0.280 e. The van der Waals surface area contributed by atoms with Gasteiger partial charge in [0, 0.05) is 15.5 Å². The SMILES string of the molecule is CC(C)S(=N)C(C)(C)CC1CC1S(=O)(=O)NC(C)(C)C. The zero-order chi connectivity index (χ0) is 15.9. The van der Waals surface area contributed by atoms with Crippen molar-refractivity contribution in [3.05, 3.63) is 0 Å². The van der Waals surface area contributed by atoms with Gasteiger partial charge in [0.2, 0.25) is 10.0 Å². The molecule has 0 spiro atoms. The number of hydrogen-bond acceptors (Lipinski definition) is 3. The van der Waals surface area contributed by atoms with Crippen LogP contribution in [0.3, 0.4) is 0 Å². The summed E-state index contributed by atoms with van der Waals surface area (Å²) in [6, 6.07) is 0. The Balaban J connectivity index is 2.66. The molecule has 0 aliphatic heterocycles. The van der Waals surface area contributed by atoms with Crippen LogP contribution in [0.25, 0.3) is 0 Å². The van der Waals surface area contributed by atoms with E-state index in [1.165, 1.54) is 0 Å². The molecule has 0 aromatic rings. The summed E-state index contributed by atoms with van der Waals surface area (Å²) in [5, 5.41) is 0.0664. The van der Waals surface area contributed by atoms with Gasteiger partial charge >= 0.3 is 0 Å². The van der Waals surface area contributed by atoms with Crippen molar-refractivity contribution in [3.8, 4) is 0 Å². The number of nitrogens with one attached hydrogen (secondary N) is 2. The monoisotopic (exact) mass is 322 g/mol. The molecule has 1 fully saturated rings. The third-order valence-electron chi connectivity index (χ3n) is 3.53. The number of sulfonamides is 1. The van der Waals surface area contributed by atoms with Gasteiger partial charge in [-0.2, -0.15) is 0 Å². The van der Waals surface area contributed by atoms with Crippen LogP contribution in [0.1, 0.15) is 61.3 Å². The fourth-order valence-electron chi connectivity index (χ4n) is 2.68. The van der Waals surface area contributed by atoms with Gasteiger partial charge in [-0.05, 0) is 53.4 Å². The lowest BCUT2D eigenvalue weighted by Crippen LogP contribution is -2.43. The fraction of sp³-hybridized carbons (Fsp3) is 1.00. The van der Waals surface area contributed by atoms with Crippen molar-refractivity contribution >= 4 is 20.7 Å². The van der Waals surface area contributed by atoms with Crippen LogP contribution in [0.15, 0.2) is 0 Å². The molecule has 0 radical (unpaired) electrons. The Morgan fingerprint density at radius 3 is 2.15 bits per heavy atom. The average Bonchev–Trinajstić information content (AvgIpc) is 2.91. The van der Waals surface area contributed by atoms with Gasteiger partial charge in [0.15, 0.2) is 0 Å². The summed E-state index contributed by atoms with van der Waals surface area (Å²) >= 11 is 0. The summed E-state index contributed by atoms with van der Waals surface area (Å²) < 4.78 is 35.4. The highest BCUT2D eigenvalue weighted by Crippen LogP contribution is 2.44. The maximum Gasteiger partial charge on any atom is 0.215 e. The van der Waals surface area contributed by atoms with Gasteiger partial charge in [-0.25, -0.2) is 13.1 Å². The Labute approximate surface area is 127 Å². The summed E-state index contributed by atoms with van der Waals surface area (Å²) in [6.45, 7) is 13.9. The molecular formula is C14H30N2O2S2. The van der Waals surface area contributed by atoms with Crippen molar-refractivity contribution in [2.45, 2.75) is 82.1 Å². The second-order valence-corrected chi connectivity index (χ2v) is 12.4. The molecule has 1 aliphatic rings. The van der Waals surface area contributed by atoms with Crippen molar-refractivity contribution in [1.82, 2.24) is 4.72 Å². The van der Waals surface area contributed by atoms with Crippen molar-refractivity contribution in [2.75, 3.05) is 0 Å². The molecule has 0 heterocycles. The highest BCUT2D eigenvalue weighted by molar-refractivity contribution is 7.90. The Bertz CT molecular complexity index is 476. The van der Waals surface area contributed by atoms with Crippen LogP contribution in [0.5, 0.6) is 0 Å². The minimum atomic E-state index is -3.22. The molecule has 1 rings (SSSR count). The molecule has 3 atom stereocenters. The molecule has 120 valence electrons. The van der Waals surface area contributed by atoms with Crippen molar-refractivity contribution in [2.24, 2.45) is 5.92 Å². The van der Waals surface area contributed by atoms with E-state index in [-0.39, 0.29) is 15.9 Å². The van der Waals surface area contributed by atoms with Gasteiger partial charge in [-0.3, -0.25) is 4.78 Å². The Kier molecular flexibility index (Phi) is 5.15. The van der Waals surface area contributed by atoms with Gasteiger partial charge in [-0.1, -0.05) is 24.5 Å². The van der Waals surface area contributed by atoms with Crippen molar-refractivity contribution < 1.29 is 8.42 Å². The molecule has 1 aliphatic carbocycles. The zero-order valence-electron chi connectivity index (χ0n) is 13.8. The summed E-state index contributed by atoms with van der Waals surface area (Å²) in [4.78, 5) is 0.